The maximum atomic E-state index is 13.4. The summed E-state index contributed by atoms with van der Waals surface area (Å²) < 4.78 is 5.33. The fraction of sp³-hybridized carbons (Fsp3) is 0.379. The van der Waals surface area contributed by atoms with Crippen molar-refractivity contribution >= 4 is 23.9 Å². The molecule has 202 valence electrons. The summed E-state index contributed by atoms with van der Waals surface area (Å²) in [6.07, 6.45) is -0.605. The maximum absolute atomic E-state index is 13.4. The largest absolute Gasteiger partial charge is 0.480 e. The Kier molecular flexibility index (Phi) is 11.4. The van der Waals surface area contributed by atoms with Gasteiger partial charge in [0.05, 0.1) is 0 Å². The molecule has 38 heavy (non-hydrogen) atoms. The molecule has 2 aromatic rings. The van der Waals surface area contributed by atoms with E-state index in [2.05, 4.69) is 27.8 Å². The van der Waals surface area contributed by atoms with Gasteiger partial charge in [0.1, 0.15) is 23.7 Å². The molecular weight excluding hydrogens is 486 g/mol. The molecule has 0 bridgehead atoms. The van der Waals surface area contributed by atoms with Gasteiger partial charge in [-0.1, -0.05) is 60.7 Å². The summed E-state index contributed by atoms with van der Waals surface area (Å²) in [4.78, 5) is 50.8. The van der Waals surface area contributed by atoms with Crippen molar-refractivity contribution in [2.75, 3.05) is 0 Å². The first kappa shape index (κ1) is 29.9. The van der Waals surface area contributed by atoms with Gasteiger partial charge in [-0.15, -0.1) is 11.8 Å². The Morgan fingerprint density at radius 3 is 1.66 bits per heavy atom. The first-order chi connectivity index (χ1) is 18.0. The summed E-state index contributed by atoms with van der Waals surface area (Å²) in [7, 11) is 0. The molecule has 0 radical (unpaired) electrons. The number of carboxylic acid groups (broad SMARTS) is 1. The molecule has 0 fully saturated rings. The van der Waals surface area contributed by atoms with Crippen molar-refractivity contribution in [3.8, 4) is 11.8 Å². The van der Waals surface area contributed by atoms with Crippen molar-refractivity contribution in [2.24, 2.45) is 0 Å². The number of carboxylic acids is 1. The Bertz CT molecular complexity index is 1150. The highest BCUT2D eigenvalue weighted by atomic mass is 16.6. The number of aliphatic carboxylic acids is 1. The Morgan fingerprint density at radius 1 is 0.789 bits per heavy atom. The average molecular weight is 522 g/mol. The van der Waals surface area contributed by atoms with Crippen LogP contribution in [0.3, 0.4) is 0 Å². The van der Waals surface area contributed by atoms with Crippen molar-refractivity contribution in [1.29, 1.82) is 0 Å². The molecule has 3 atom stereocenters. The van der Waals surface area contributed by atoms with Gasteiger partial charge in [-0.3, -0.25) is 9.59 Å². The van der Waals surface area contributed by atoms with Crippen LogP contribution in [0.1, 0.15) is 45.2 Å². The maximum Gasteiger partial charge on any atom is 0.408 e. The van der Waals surface area contributed by atoms with Crippen LogP contribution in [-0.4, -0.2) is 52.7 Å². The fourth-order valence-corrected chi connectivity index (χ4v) is 3.52. The van der Waals surface area contributed by atoms with Crippen LogP contribution in [0.25, 0.3) is 0 Å². The lowest BCUT2D eigenvalue weighted by Gasteiger charge is -2.26. The molecular formula is C29H35N3O6. The standard InChI is InChI=1S/C29H35N3O6/c1-5-6-17-22(27(35)36)30-25(33)23(18-20-13-9-7-10-14-20)31-26(34)24(19-21-15-11-8-12-16-21)32-28(37)38-29(2,3)4/h7-16,22-24H,17-19H2,1-4H3,(H,30,33)(H,31,34)(H,32,37)(H,35,36)/t22?,23-,24-/m1/s1. The second-order valence-electron chi connectivity index (χ2n) is 9.67. The van der Waals surface area contributed by atoms with Gasteiger partial charge in [0, 0.05) is 19.3 Å². The van der Waals surface area contributed by atoms with Crippen LogP contribution >= 0.6 is 0 Å². The third-order valence-electron chi connectivity index (χ3n) is 5.30. The normalized spacial score (nSPS) is 13.1. The topological polar surface area (TPSA) is 134 Å². The molecule has 0 aromatic heterocycles. The second kappa shape index (κ2) is 14.4. The zero-order chi connectivity index (χ0) is 28.1. The van der Waals surface area contributed by atoms with E-state index in [1.54, 1.807) is 52.0 Å². The Labute approximate surface area is 223 Å². The molecule has 4 N–H and O–H groups in total. The molecule has 9 nitrogen and oxygen atoms in total. The number of ether oxygens (including phenoxy) is 1. The monoisotopic (exact) mass is 521 g/mol. The number of alkyl carbamates (subject to hydrolysis) is 1. The Hall–Kier alpha value is -4.32. The van der Waals surface area contributed by atoms with Crippen molar-refractivity contribution < 1.29 is 29.0 Å². The molecule has 0 saturated carbocycles. The van der Waals surface area contributed by atoms with E-state index in [-0.39, 0.29) is 19.3 Å². The smallest absolute Gasteiger partial charge is 0.408 e. The molecule has 0 spiro atoms. The minimum absolute atomic E-state index is 0.0829. The van der Waals surface area contributed by atoms with Crippen LogP contribution in [0.4, 0.5) is 4.79 Å². The molecule has 0 saturated heterocycles. The highest BCUT2D eigenvalue weighted by Gasteiger charge is 2.30. The number of carbonyl (C=O) groups is 4. The van der Waals surface area contributed by atoms with Crippen LogP contribution in [0, 0.1) is 11.8 Å². The molecule has 3 amide bonds. The molecule has 2 aromatic carbocycles. The van der Waals surface area contributed by atoms with Crippen LogP contribution in [-0.2, 0) is 32.0 Å². The quantitative estimate of drug-likeness (QED) is 0.336. The summed E-state index contributed by atoms with van der Waals surface area (Å²) in [6.45, 7) is 6.70. The van der Waals surface area contributed by atoms with E-state index in [1.807, 2.05) is 36.4 Å². The zero-order valence-corrected chi connectivity index (χ0v) is 22.1. The summed E-state index contributed by atoms with van der Waals surface area (Å²) in [5, 5.41) is 17.3. The van der Waals surface area contributed by atoms with E-state index in [0.717, 1.165) is 11.1 Å². The van der Waals surface area contributed by atoms with Crippen molar-refractivity contribution in [3.05, 3.63) is 71.8 Å². The van der Waals surface area contributed by atoms with Crippen LogP contribution < -0.4 is 16.0 Å². The molecule has 0 heterocycles. The minimum Gasteiger partial charge on any atom is -0.480 e. The van der Waals surface area contributed by atoms with Crippen molar-refractivity contribution in [1.82, 2.24) is 16.0 Å². The van der Waals surface area contributed by atoms with E-state index < -0.39 is 47.6 Å². The fourth-order valence-electron chi connectivity index (χ4n) is 3.52. The van der Waals surface area contributed by atoms with Crippen molar-refractivity contribution in [2.45, 2.75) is 70.7 Å². The summed E-state index contributed by atoms with van der Waals surface area (Å²) in [5.74, 6) is 2.74. The number of nitrogens with one attached hydrogen (secondary N) is 3. The van der Waals surface area contributed by atoms with Gasteiger partial charge in [-0.05, 0) is 38.8 Å². The second-order valence-corrected chi connectivity index (χ2v) is 9.67. The van der Waals surface area contributed by atoms with Gasteiger partial charge in [-0.2, -0.15) is 0 Å². The molecule has 2 rings (SSSR count). The van der Waals surface area contributed by atoms with Crippen molar-refractivity contribution in [3.63, 3.8) is 0 Å². The molecule has 0 aliphatic heterocycles. The highest BCUT2D eigenvalue weighted by Crippen LogP contribution is 2.10. The molecule has 9 heteroatoms. The van der Waals surface area contributed by atoms with Crippen LogP contribution in [0.2, 0.25) is 0 Å². The summed E-state index contributed by atoms with van der Waals surface area (Å²) in [5.41, 5.74) is 0.769. The van der Waals surface area contributed by atoms with E-state index >= 15 is 0 Å². The summed E-state index contributed by atoms with van der Waals surface area (Å²) in [6, 6.07) is 14.7. The van der Waals surface area contributed by atoms with Gasteiger partial charge in [0.2, 0.25) is 11.8 Å². The molecule has 0 aliphatic carbocycles. The van der Waals surface area contributed by atoms with Gasteiger partial charge >= 0.3 is 12.1 Å². The predicted octanol–water partition coefficient (Wildman–Crippen LogP) is 2.83. The Balaban J connectivity index is 2.29. The molecule has 0 aliphatic rings. The Morgan fingerprint density at radius 2 is 1.24 bits per heavy atom. The number of hydrogen-bond acceptors (Lipinski definition) is 5. The van der Waals surface area contributed by atoms with Gasteiger partial charge in [0.15, 0.2) is 0 Å². The minimum atomic E-state index is -1.25. The van der Waals surface area contributed by atoms with Gasteiger partial charge in [-0.25, -0.2) is 9.59 Å². The van der Waals surface area contributed by atoms with Crippen LogP contribution in [0.15, 0.2) is 60.7 Å². The number of rotatable bonds is 11. The lowest BCUT2D eigenvalue weighted by Crippen LogP contribution is -2.57. The highest BCUT2D eigenvalue weighted by molar-refractivity contribution is 5.93. The number of amides is 3. The van der Waals surface area contributed by atoms with Crippen LogP contribution in [0.5, 0.6) is 0 Å². The zero-order valence-electron chi connectivity index (χ0n) is 22.1. The third-order valence-corrected chi connectivity index (χ3v) is 5.30. The van der Waals surface area contributed by atoms with E-state index in [1.165, 1.54) is 0 Å². The lowest BCUT2D eigenvalue weighted by molar-refractivity contribution is -0.142. The SMILES string of the molecule is CC#CCC(NC(=O)[C@@H](Cc1ccccc1)NC(=O)[C@@H](Cc1ccccc1)NC(=O)OC(C)(C)C)C(=O)O. The van der Waals surface area contributed by atoms with E-state index in [9.17, 15) is 24.3 Å². The van der Waals surface area contributed by atoms with E-state index in [4.69, 9.17) is 4.74 Å². The number of carbonyl (C=O) groups excluding carboxylic acids is 3. The number of hydrogen-bond donors (Lipinski definition) is 4. The first-order valence-corrected chi connectivity index (χ1v) is 12.3. The number of benzene rings is 2. The van der Waals surface area contributed by atoms with Gasteiger partial charge < -0.3 is 25.8 Å². The summed E-state index contributed by atoms with van der Waals surface area (Å²) >= 11 is 0. The average Bonchev–Trinajstić information content (AvgIpc) is 2.85. The van der Waals surface area contributed by atoms with E-state index in [0.29, 0.717) is 0 Å². The molecule has 1 unspecified atom stereocenters. The first-order valence-electron chi connectivity index (χ1n) is 12.3. The lowest BCUT2D eigenvalue weighted by atomic mass is 10.0. The predicted molar refractivity (Wildman–Crippen MR) is 143 cm³/mol. The third kappa shape index (κ3) is 10.7. The van der Waals surface area contributed by atoms with Gasteiger partial charge in [0.25, 0.3) is 0 Å².